The molecule has 26 heavy (non-hydrogen) atoms. The Morgan fingerprint density at radius 1 is 1.23 bits per heavy atom. The predicted molar refractivity (Wildman–Crippen MR) is 105 cm³/mol. The summed E-state index contributed by atoms with van der Waals surface area (Å²) in [6.45, 7) is 5.51. The first-order chi connectivity index (χ1) is 12.3. The van der Waals surface area contributed by atoms with Crippen LogP contribution < -0.4 is 4.31 Å². The zero-order valence-corrected chi connectivity index (χ0v) is 16.9. The van der Waals surface area contributed by atoms with Gasteiger partial charge in [-0.05, 0) is 49.3 Å². The smallest absolute Gasteiger partial charge is 0.266 e. The summed E-state index contributed by atoms with van der Waals surface area (Å²) in [4.78, 5) is 15.5. The van der Waals surface area contributed by atoms with Crippen LogP contribution in [0.2, 0.25) is 0 Å². The zero-order chi connectivity index (χ0) is 18.9. The summed E-state index contributed by atoms with van der Waals surface area (Å²) in [6, 6.07) is 8.45. The van der Waals surface area contributed by atoms with E-state index in [0.717, 1.165) is 31.5 Å². The molecule has 1 aromatic carbocycles. The number of amides is 1. The summed E-state index contributed by atoms with van der Waals surface area (Å²) in [5.41, 5.74) is 1.44. The molecule has 1 aromatic heterocycles. The van der Waals surface area contributed by atoms with Crippen molar-refractivity contribution in [3.8, 4) is 0 Å². The fraction of sp³-hybridized carbons (Fsp3) is 0.421. The molecule has 1 unspecified atom stereocenters. The maximum absolute atomic E-state index is 13.0. The predicted octanol–water partition coefficient (Wildman–Crippen LogP) is 3.75. The third-order valence-corrected chi connectivity index (χ3v) is 7.48. The lowest BCUT2D eigenvalue weighted by Crippen LogP contribution is -2.39. The van der Waals surface area contributed by atoms with Crippen molar-refractivity contribution in [3.05, 3.63) is 46.2 Å². The van der Waals surface area contributed by atoms with Crippen LogP contribution in [0.25, 0.3) is 0 Å². The van der Waals surface area contributed by atoms with E-state index >= 15 is 0 Å². The van der Waals surface area contributed by atoms with Crippen LogP contribution in [0.5, 0.6) is 0 Å². The Hall–Kier alpha value is -1.86. The number of anilines is 1. The van der Waals surface area contributed by atoms with Gasteiger partial charge in [0.1, 0.15) is 4.88 Å². The maximum Gasteiger partial charge on any atom is 0.266 e. The molecule has 0 aliphatic carbocycles. The molecule has 1 saturated heterocycles. The van der Waals surface area contributed by atoms with Crippen LogP contribution in [-0.2, 0) is 10.0 Å². The lowest BCUT2D eigenvalue weighted by molar-refractivity contribution is 0.0689. The first-order valence-corrected chi connectivity index (χ1v) is 11.0. The number of carbonyl (C=O) groups is 1. The van der Waals surface area contributed by atoms with Gasteiger partial charge in [-0.15, -0.1) is 11.3 Å². The number of nitrogens with zero attached hydrogens (tertiary/aromatic N) is 2. The van der Waals surface area contributed by atoms with E-state index in [9.17, 15) is 13.2 Å². The van der Waals surface area contributed by atoms with Crippen molar-refractivity contribution in [1.29, 1.82) is 0 Å². The summed E-state index contributed by atoms with van der Waals surface area (Å²) in [5, 5.41) is 1.77. The monoisotopic (exact) mass is 392 g/mol. The number of likely N-dealkylation sites (tertiary alicyclic amines) is 1. The molecule has 0 N–H and O–H groups in total. The van der Waals surface area contributed by atoms with Gasteiger partial charge in [-0.25, -0.2) is 8.42 Å². The minimum Gasteiger partial charge on any atom is -0.338 e. The molecule has 0 spiro atoms. The Bertz CT molecular complexity index is 888. The van der Waals surface area contributed by atoms with Gasteiger partial charge in [0.15, 0.2) is 0 Å². The minimum atomic E-state index is -3.71. The Kier molecular flexibility index (Phi) is 5.39. The highest BCUT2D eigenvalue weighted by Gasteiger charge is 2.29. The van der Waals surface area contributed by atoms with Gasteiger partial charge >= 0.3 is 0 Å². The van der Waals surface area contributed by atoms with E-state index in [0.29, 0.717) is 16.5 Å². The molecular weight excluding hydrogens is 368 g/mol. The van der Waals surface area contributed by atoms with Gasteiger partial charge in [0, 0.05) is 20.1 Å². The third kappa shape index (κ3) is 3.64. The molecule has 1 fully saturated rings. The molecule has 2 heterocycles. The standard InChI is InChI=1S/C19H24N2O3S2/c1-14-6-8-16(9-7-14)26(23,24)20(3)17-10-12-25-18(17)19(22)21-11-4-5-15(2)13-21/h6-10,12,15H,4-5,11,13H2,1-3H3. The number of thiophene rings is 1. The van der Waals surface area contributed by atoms with Crippen molar-refractivity contribution in [2.24, 2.45) is 5.92 Å². The summed E-state index contributed by atoms with van der Waals surface area (Å²) in [7, 11) is -2.20. The van der Waals surface area contributed by atoms with Crippen molar-refractivity contribution in [3.63, 3.8) is 0 Å². The van der Waals surface area contributed by atoms with Crippen LogP contribution >= 0.6 is 11.3 Å². The van der Waals surface area contributed by atoms with E-state index in [2.05, 4.69) is 6.92 Å². The van der Waals surface area contributed by atoms with Crippen molar-refractivity contribution in [2.75, 3.05) is 24.4 Å². The van der Waals surface area contributed by atoms with Crippen LogP contribution in [-0.4, -0.2) is 39.4 Å². The van der Waals surface area contributed by atoms with Crippen molar-refractivity contribution in [2.45, 2.75) is 31.6 Å². The number of hydrogen-bond donors (Lipinski definition) is 0. The SMILES string of the molecule is Cc1ccc(S(=O)(=O)N(C)c2ccsc2C(=O)N2CCCC(C)C2)cc1. The Morgan fingerprint density at radius 3 is 2.58 bits per heavy atom. The normalized spacial score (nSPS) is 18.0. The number of hydrogen-bond acceptors (Lipinski definition) is 4. The lowest BCUT2D eigenvalue weighted by Gasteiger charge is -2.31. The van der Waals surface area contributed by atoms with Crippen LogP contribution in [0.15, 0.2) is 40.6 Å². The molecule has 0 radical (unpaired) electrons. The molecule has 0 bridgehead atoms. The highest BCUT2D eigenvalue weighted by atomic mass is 32.2. The molecule has 3 rings (SSSR count). The minimum absolute atomic E-state index is 0.0764. The number of rotatable bonds is 4. The summed E-state index contributed by atoms with van der Waals surface area (Å²) < 4.78 is 27.1. The van der Waals surface area contributed by atoms with Gasteiger partial charge in [0.05, 0.1) is 10.6 Å². The number of piperidine rings is 1. The third-order valence-electron chi connectivity index (χ3n) is 4.80. The van der Waals surface area contributed by atoms with Gasteiger partial charge in [-0.1, -0.05) is 24.6 Å². The van der Waals surface area contributed by atoms with Crippen molar-refractivity contribution < 1.29 is 13.2 Å². The Labute approximate surface area is 159 Å². The fourth-order valence-electron chi connectivity index (χ4n) is 3.23. The topological polar surface area (TPSA) is 57.7 Å². The van der Waals surface area contributed by atoms with Crippen molar-refractivity contribution >= 4 is 33.0 Å². The van der Waals surface area contributed by atoms with Crippen LogP contribution in [0, 0.1) is 12.8 Å². The average molecular weight is 393 g/mol. The van der Waals surface area contributed by atoms with E-state index in [1.54, 1.807) is 35.7 Å². The van der Waals surface area contributed by atoms with Gasteiger partial charge in [0.2, 0.25) is 0 Å². The maximum atomic E-state index is 13.0. The van der Waals surface area contributed by atoms with E-state index in [-0.39, 0.29) is 10.8 Å². The largest absolute Gasteiger partial charge is 0.338 e. The molecule has 5 nitrogen and oxygen atoms in total. The molecule has 1 aliphatic rings. The van der Waals surface area contributed by atoms with Gasteiger partial charge < -0.3 is 4.90 Å². The molecule has 7 heteroatoms. The lowest BCUT2D eigenvalue weighted by atomic mass is 10.0. The second-order valence-electron chi connectivity index (χ2n) is 6.92. The van der Waals surface area contributed by atoms with E-state index in [1.807, 2.05) is 11.8 Å². The van der Waals surface area contributed by atoms with E-state index in [1.165, 1.54) is 22.7 Å². The average Bonchev–Trinajstić information content (AvgIpc) is 3.10. The van der Waals surface area contributed by atoms with Crippen molar-refractivity contribution in [1.82, 2.24) is 4.90 Å². The number of sulfonamides is 1. The molecule has 1 atom stereocenters. The van der Waals surface area contributed by atoms with Gasteiger partial charge in [0.25, 0.3) is 15.9 Å². The molecule has 1 amide bonds. The number of carbonyl (C=O) groups excluding carboxylic acids is 1. The highest BCUT2D eigenvalue weighted by Crippen LogP contribution is 2.32. The van der Waals surface area contributed by atoms with Crippen LogP contribution in [0.4, 0.5) is 5.69 Å². The first kappa shape index (κ1) is 18.9. The highest BCUT2D eigenvalue weighted by molar-refractivity contribution is 7.92. The Balaban J connectivity index is 1.89. The zero-order valence-electron chi connectivity index (χ0n) is 15.3. The number of benzene rings is 1. The van der Waals surface area contributed by atoms with E-state index < -0.39 is 10.0 Å². The summed E-state index contributed by atoms with van der Waals surface area (Å²) in [5.74, 6) is 0.401. The van der Waals surface area contributed by atoms with Gasteiger partial charge in [-0.2, -0.15) is 0 Å². The summed E-state index contributed by atoms with van der Waals surface area (Å²) >= 11 is 1.30. The van der Waals surface area contributed by atoms with Crippen LogP contribution in [0.1, 0.15) is 35.0 Å². The second kappa shape index (κ2) is 7.40. The van der Waals surface area contributed by atoms with E-state index in [4.69, 9.17) is 0 Å². The molecule has 1 aliphatic heterocycles. The fourth-order valence-corrected chi connectivity index (χ4v) is 5.38. The first-order valence-electron chi connectivity index (χ1n) is 8.73. The molecule has 0 saturated carbocycles. The second-order valence-corrected chi connectivity index (χ2v) is 9.80. The summed E-state index contributed by atoms with van der Waals surface area (Å²) in [6.07, 6.45) is 2.12. The van der Waals surface area contributed by atoms with Crippen LogP contribution in [0.3, 0.4) is 0 Å². The number of aryl methyl sites for hydroxylation is 1. The molecular formula is C19H24N2O3S2. The Morgan fingerprint density at radius 2 is 1.92 bits per heavy atom. The molecule has 140 valence electrons. The van der Waals surface area contributed by atoms with Gasteiger partial charge in [-0.3, -0.25) is 9.10 Å². The molecule has 2 aromatic rings. The quantitative estimate of drug-likeness (QED) is 0.796.